The Morgan fingerprint density at radius 3 is 2.79 bits per heavy atom. The zero-order valence-corrected chi connectivity index (χ0v) is 10.3. The molecule has 0 fully saturated rings. The van der Waals surface area contributed by atoms with Gasteiger partial charge in [0.15, 0.2) is 0 Å². The molecule has 0 aliphatic carbocycles. The summed E-state index contributed by atoms with van der Waals surface area (Å²) < 4.78 is 1.65. The van der Waals surface area contributed by atoms with Crippen LogP contribution >= 0.6 is 0 Å². The van der Waals surface area contributed by atoms with E-state index in [9.17, 15) is 9.59 Å². The number of carbonyl (C=O) groups is 2. The Morgan fingerprint density at radius 1 is 1.37 bits per heavy atom. The molecule has 98 valence electrons. The van der Waals surface area contributed by atoms with E-state index in [4.69, 9.17) is 5.11 Å². The average molecular weight is 259 g/mol. The lowest BCUT2D eigenvalue weighted by Gasteiger charge is -2.09. The molecule has 0 saturated heterocycles. The van der Waals surface area contributed by atoms with Gasteiger partial charge in [-0.3, -0.25) is 9.59 Å². The van der Waals surface area contributed by atoms with Crippen LogP contribution in [0.15, 0.2) is 42.7 Å². The van der Waals surface area contributed by atoms with E-state index in [1.54, 1.807) is 41.3 Å². The summed E-state index contributed by atoms with van der Waals surface area (Å²) in [7, 11) is 0. The highest BCUT2D eigenvalue weighted by Gasteiger charge is 2.20. The van der Waals surface area contributed by atoms with Gasteiger partial charge in [0.1, 0.15) is 5.92 Å². The molecule has 1 aromatic carbocycles. The molecule has 0 bridgehead atoms. The molecule has 2 N–H and O–H groups in total. The lowest BCUT2D eigenvalue weighted by Crippen LogP contribution is -2.26. The van der Waals surface area contributed by atoms with Crippen molar-refractivity contribution < 1.29 is 14.7 Å². The molecule has 0 aliphatic rings. The first-order valence-corrected chi connectivity index (χ1v) is 5.71. The monoisotopic (exact) mass is 259 g/mol. The van der Waals surface area contributed by atoms with Gasteiger partial charge < -0.3 is 10.4 Å². The van der Waals surface area contributed by atoms with E-state index in [0.717, 1.165) is 5.69 Å². The Morgan fingerprint density at radius 2 is 2.16 bits per heavy atom. The number of benzene rings is 1. The Kier molecular flexibility index (Phi) is 3.61. The molecule has 6 heteroatoms. The number of hydrogen-bond acceptors (Lipinski definition) is 3. The van der Waals surface area contributed by atoms with Crippen molar-refractivity contribution in [1.29, 1.82) is 0 Å². The number of carbonyl (C=O) groups excluding carboxylic acids is 1. The van der Waals surface area contributed by atoms with Crippen LogP contribution in [0, 0.1) is 5.92 Å². The van der Waals surface area contributed by atoms with E-state index >= 15 is 0 Å². The fourth-order valence-electron chi connectivity index (χ4n) is 1.51. The molecule has 1 heterocycles. The van der Waals surface area contributed by atoms with Gasteiger partial charge in [-0.05, 0) is 31.2 Å². The predicted octanol–water partition coefficient (Wildman–Crippen LogP) is 1.53. The van der Waals surface area contributed by atoms with Gasteiger partial charge in [-0.1, -0.05) is 6.07 Å². The highest BCUT2D eigenvalue weighted by molar-refractivity contribution is 6.03. The SMILES string of the molecule is CC(C(=O)O)C(=O)Nc1cccc(-n2cccn2)c1. The van der Waals surface area contributed by atoms with Crippen molar-refractivity contribution in [2.45, 2.75) is 6.92 Å². The van der Waals surface area contributed by atoms with E-state index in [0.29, 0.717) is 5.69 Å². The van der Waals surface area contributed by atoms with Gasteiger partial charge >= 0.3 is 5.97 Å². The van der Waals surface area contributed by atoms with E-state index in [-0.39, 0.29) is 0 Å². The van der Waals surface area contributed by atoms with Crippen LogP contribution < -0.4 is 5.32 Å². The molecule has 0 aliphatic heterocycles. The van der Waals surface area contributed by atoms with Crippen molar-refractivity contribution in [3.63, 3.8) is 0 Å². The number of rotatable bonds is 4. The van der Waals surface area contributed by atoms with Gasteiger partial charge in [-0.25, -0.2) is 4.68 Å². The van der Waals surface area contributed by atoms with E-state index in [2.05, 4.69) is 10.4 Å². The smallest absolute Gasteiger partial charge is 0.315 e. The average Bonchev–Trinajstić information content (AvgIpc) is 2.91. The molecular weight excluding hydrogens is 246 g/mol. The van der Waals surface area contributed by atoms with Crippen molar-refractivity contribution in [2.24, 2.45) is 5.92 Å². The molecule has 0 radical (unpaired) electrons. The third-order valence-electron chi connectivity index (χ3n) is 2.65. The summed E-state index contributed by atoms with van der Waals surface area (Å²) in [6.45, 7) is 1.34. The largest absolute Gasteiger partial charge is 0.481 e. The maximum Gasteiger partial charge on any atom is 0.315 e. The maximum absolute atomic E-state index is 11.6. The van der Waals surface area contributed by atoms with Gasteiger partial charge in [0, 0.05) is 18.1 Å². The summed E-state index contributed by atoms with van der Waals surface area (Å²) in [5, 5.41) is 15.4. The van der Waals surface area contributed by atoms with Crippen LogP contribution in [0.2, 0.25) is 0 Å². The molecule has 19 heavy (non-hydrogen) atoms. The topological polar surface area (TPSA) is 84.2 Å². The van der Waals surface area contributed by atoms with E-state index < -0.39 is 17.8 Å². The van der Waals surface area contributed by atoms with Crippen LogP contribution in [0.1, 0.15) is 6.92 Å². The normalized spacial score (nSPS) is 11.8. The van der Waals surface area contributed by atoms with Crippen LogP contribution in [-0.4, -0.2) is 26.8 Å². The summed E-state index contributed by atoms with van der Waals surface area (Å²) in [6, 6.07) is 8.80. The molecule has 2 aromatic rings. The number of amides is 1. The Bertz CT molecular complexity index is 593. The van der Waals surface area contributed by atoms with Gasteiger partial charge in [0.2, 0.25) is 5.91 Å². The lowest BCUT2D eigenvalue weighted by atomic mass is 10.1. The number of nitrogens with zero attached hydrogens (tertiary/aromatic N) is 2. The van der Waals surface area contributed by atoms with Crippen molar-refractivity contribution in [1.82, 2.24) is 9.78 Å². The van der Waals surface area contributed by atoms with Gasteiger partial charge in [-0.2, -0.15) is 5.10 Å². The minimum atomic E-state index is -1.15. The van der Waals surface area contributed by atoms with Gasteiger partial charge in [0.25, 0.3) is 0 Å². The second kappa shape index (κ2) is 5.34. The molecule has 2 rings (SSSR count). The second-order valence-electron chi connectivity index (χ2n) is 4.05. The molecule has 1 atom stereocenters. The number of hydrogen-bond donors (Lipinski definition) is 2. The number of aromatic nitrogens is 2. The molecular formula is C13H13N3O3. The standard InChI is InChI=1S/C13H13N3O3/c1-9(13(18)19)12(17)15-10-4-2-5-11(8-10)16-7-3-6-14-16/h2-9H,1H3,(H,15,17)(H,18,19). The molecule has 1 unspecified atom stereocenters. The third kappa shape index (κ3) is 2.98. The zero-order chi connectivity index (χ0) is 13.8. The summed E-state index contributed by atoms with van der Waals surface area (Å²) in [6.07, 6.45) is 3.43. The molecule has 0 saturated carbocycles. The first-order valence-electron chi connectivity index (χ1n) is 5.71. The van der Waals surface area contributed by atoms with Crippen LogP contribution in [0.5, 0.6) is 0 Å². The Hall–Kier alpha value is -2.63. The van der Waals surface area contributed by atoms with Crippen molar-refractivity contribution in [3.8, 4) is 5.69 Å². The highest BCUT2D eigenvalue weighted by atomic mass is 16.4. The Balaban J connectivity index is 2.16. The van der Waals surface area contributed by atoms with E-state index in [1.807, 2.05) is 6.07 Å². The van der Waals surface area contributed by atoms with Crippen LogP contribution in [0.4, 0.5) is 5.69 Å². The highest BCUT2D eigenvalue weighted by Crippen LogP contribution is 2.14. The quantitative estimate of drug-likeness (QED) is 0.815. The molecule has 6 nitrogen and oxygen atoms in total. The zero-order valence-electron chi connectivity index (χ0n) is 10.3. The first-order chi connectivity index (χ1) is 9.08. The number of anilines is 1. The van der Waals surface area contributed by atoms with Crippen LogP contribution in [-0.2, 0) is 9.59 Å². The lowest BCUT2D eigenvalue weighted by molar-refractivity contribution is -0.144. The number of carboxylic acids is 1. The van der Waals surface area contributed by atoms with Gasteiger partial charge in [-0.15, -0.1) is 0 Å². The molecule has 0 spiro atoms. The van der Waals surface area contributed by atoms with Crippen molar-refractivity contribution in [2.75, 3.05) is 5.32 Å². The summed E-state index contributed by atoms with van der Waals surface area (Å²) in [4.78, 5) is 22.3. The minimum Gasteiger partial charge on any atom is -0.481 e. The fourth-order valence-corrected chi connectivity index (χ4v) is 1.51. The first kappa shape index (κ1) is 12.8. The van der Waals surface area contributed by atoms with Crippen molar-refractivity contribution >= 4 is 17.6 Å². The molecule has 1 amide bonds. The van der Waals surface area contributed by atoms with Crippen LogP contribution in [0.25, 0.3) is 5.69 Å². The van der Waals surface area contributed by atoms with E-state index in [1.165, 1.54) is 6.92 Å². The maximum atomic E-state index is 11.6. The van der Waals surface area contributed by atoms with Gasteiger partial charge in [0.05, 0.1) is 5.69 Å². The second-order valence-corrected chi connectivity index (χ2v) is 4.05. The molecule has 1 aromatic heterocycles. The number of nitrogens with one attached hydrogen (secondary N) is 1. The summed E-state index contributed by atoms with van der Waals surface area (Å²) in [5.41, 5.74) is 1.32. The Labute approximate surface area is 109 Å². The number of carboxylic acid groups (broad SMARTS) is 1. The summed E-state index contributed by atoms with van der Waals surface area (Å²) in [5.74, 6) is -2.79. The van der Waals surface area contributed by atoms with Crippen LogP contribution in [0.3, 0.4) is 0 Å². The fraction of sp³-hybridized carbons (Fsp3) is 0.154. The minimum absolute atomic E-state index is 0.533. The third-order valence-corrected chi connectivity index (χ3v) is 2.65. The van der Waals surface area contributed by atoms with Crippen molar-refractivity contribution in [3.05, 3.63) is 42.7 Å². The summed E-state index contributed by atoms with van der Waals surface area (Å²) >= 11 is 0. The number of aliphatic carboxylic acids is 1. The predicted molar refractivity (Wildman–Crippen MR) is 69.0 cm³/mol.